The summed E-state index contributed by atoms with van der Waals surface area (Å²) in [6.07, 6.45) is 3.30. The summed E-state index contributed by atoms with van der Waals surface area (Å²) in [5.41, 5.74) is 1.74. The summed E-state index contributed by atoms with van der Waals surface area (Å²) in [4.78, 5) is 14.8. The number of para-hydroxylation sites is 1. The molecule has 116 valence electrons. The van der Waals surface area contributed by atoms with Crippen molar-refractivity contribution >= 4 is 16.9 Å². The first-order chi connectivity index (χ1) is 10.8. The maximum atomic E-state index is 12.7. The molecule has 1 aliphatic heterocycles. The fraction of sp³-hybridized carbons (Fsp3) is 0.562. The predicted molar refractivity (Wildman–Crippen MR) is 81.2 cm³/mol. The van der Waals surface area contributed by atoms with Crippen molar-refractivity contribution in [1.82, 2.24) is 19.9 Å². The summed E-state index contributed by atoms with van der Waals surface area (Å²) < 4.78 is 7.14. The molecule has 2 aliphatic rings. The number of amides is 1. The van der Waals surface area contributed by atoms with Gasteiger partial charge in [0.1, 0.15) is 12.1 Å². The molecule has 4 rings (SSSR count). The lowest BCUT2D eigenvalue weighted by Crippen LogP contribution is -2.39. The second-order valence-corrected chi connectivity index (χ2v) is 6.24. The third kappa shape index (κ3) is 2.70. The molecule has 1 unspecified atom stereocenters. The van der Waals surface area contributed by atoms with Crippen molar-refractivity contribution in [2.75, 3.05) is 19.8 Å². The van der Waals surface area contributed by atoms with Gasteiger partial charge in [0.2, 0.25) is 5.91 Å². The number of fused-ring (bicyclic) bond motifs is 1. The molecule has 0 bridgehead atoms. The molecular formula is C16H20N4O2. The van der Waals surface area contributed by atoms with Gasteiger partial charge in [0.25, 0.3) is 0 Å². The zero-order valence-electron chi connectivity index (χ0n) is 12.5. The van der Waals surface area contributed by atoms with Crippen LogP contribution in [0.5, 0.6) is 0 Å². The Morgan fingerprint density at radius 1 is 1.32 bits per heavy atom. The maximum absolute atomic E-state index is 12.7. The molecule has 2 fully saturated rings. The van der Waals surface area contributed by atoms with Crippen LogP contribution in [-0.2, 0) is 16.1 Å². The fourth-order valence-corrected chi connectivity index (χ4v) is 3.10. The Hall–Kier alpha value is -1.95. The summed E-state index contributed by atoms with van der Waals surface area (Å²) in [6, 6.07) is 8.16. The molecule has 1 amide bonds. The van der Waals surface area contributed by atoms with E-state index in [1.54, 1.807) is 4.68 Å². The van der Waals surface area contributed by atoms with Gasteiger partial charge in [0, 0.05) is 25.1 Å². The molecule has 1 atom stereocenters. The predicted octanol–water partition coefficient (Wildman–Crippen LogP) is 1.46. The second-order valence-electron chi connectivity index (χ2n) is 6.24. The highest BCUT2D eigenvalue weighted by Gasteiger charge is 2.34. The van der Waals surface area contributed by atoms with Crippen LogP contribution >= 0.6 is 0 Å². The van der Waals surface area contributed by atoms with Crippen LogP contribution in [0.15, 0.2) is 24.3 Å². The van der Waals surface area contributed by atoms with E-state index in [1.807, 2.05) is 29.2 Å². The third-order valence-electron chi connectivity index (χ3n) is 4.49. The molecular weight excluding hydrogens is 280 g/mol. The van der Waals surface area contributed by atoms with Crippen molar-refractivity contribution in [3.8, 4) is 0 Å². The average molecular weight is 300 g/mol. The molecule has 2 heterocycles. The van der Waals surface area contributed by atoms with Gasteiger partial charge in [0.05, 0.1) is 12.1 Å². The zero-order valence-corrected chi connectivity index (χ0v) is 12.5. The molecule has 1 saturated heterocycles. The molecule has 0 N–H and O–H groups in total. The molecule has 0 radical (unpaired) electrons. The Balaban J connectivity index is 1.49. The number of nitrogens with zero attached hydrogens (tertiary/aromatic N) is 4. The lowest BCUT2D eigenvalue weighted by Gasteiger charge is -2.25. The highest BCUT2D eigenvalue weighted by molar-refractivity contribution is 5.80. The summed E-state index contributed by atoms with van der Waals surface area (Å²) in [7, 11) is 0. The summed E-state index contributed by atoms with van der Waals surface area (Å²) in [6.45, 7) is 2.69. The number of carbonyl (C=O) groups is 1. The molecule has 22 heavy (non-hydrogen) atoms. The molecule has 1 aromatic carbocycles. The number of benzene rings is 1. The second kappa shape index (κ2) is 5.68. The summed E-state index contributed by atoms with van der Waals surface area (Å²) in [5.74, 6) is 0.627. The van der Waals surface area contributed by atoms with E-state index >= 15 is 0 Å². The Morgan fingerprint density at radius 3 is 2.95 bits per heavy atom. The van der Waals surface area contributed by atoms with Gasteiger partial charge in [-0.3, -0.25) is 4.79 Å². The molecule has 1 aliphatic carbocycles. The van der Waals surface area contributed by atoms with Crippen molar-refractivity contribution in [2.45, 2.75) is 31.8 Å². The Kier molecular flexibility index (Phi) is 3.54. The molecule has 1 saturated carbocycles. The fourth-order valence-electron chi connectivity index (χ4n) is 3.10. The van der Waals surface area contributed by atoms with Crippen LogP contribution in [-0.4, -0.2) is 51.6 Å². The van der Waals surface area contributed by atoms with E-state index in [-0.39, 0.29) is 12.5 Å². The van der Waals surface area contributed by atoms with Crippen LogP contribution in [0.3, 0.4) is 0 Å². The Labute approximate surface area is 129 Å². The van der Waals surface area contributed by atoms with Crippen LogP contribution in [0.1, 0.15) is 19.3 Å². The van der Waals surface area contributed by atoms with Crippen LogP contribution in [0.25, 0.3) is 11.0 Å². The first-order valence-electron chi connectivity index (χ1n) is 7.97. The number of aromatic nitrogens is 3. The lowest BCUT2D eigenvalue weighted by atomic mass is 10.1. The van der Waals surface area contributed by atoms with E-state index in [0.29, 0.717) is 12.0 Å². The molecule has 6 nitrogen and oxygen atoms in total. The number of hydrogen-bond donors (Lipinski definition) is 0. The van der Waals surface area contributed by atoms with Crippen molar-refractivity contribution in [3.63, 3.8) is 0 Å². The van der Waals surface area contributed by atoms with Gasteiger partial charge in [-0.15, -0.1) is 5.10 Å². The number of hydrogen-bond acceptors (Lipinski definition) is 4. The van der Waals surface area contributed by atoms with Crippen molar-refractivity contribution in [1.29, 1.82) is 0 Å². The summed E-state index contributed by atoms with van der Waals surface area (Å²) in [5, 5.41) is 8.24. The molecule has 2 aromatic rings. The van der Waals surface area contributed by atoms with Gasteiger partial charge in [-0.25, -0.2) is 4.68 Å². The summed E-state index contributed by atoms with van der Waals surface area (Å²) >= 11 is 0. The minimum atomic E-state index is 0.144. The van der Waals surface area contributed by atoms with Crippen molar-refractivity contribution in [2.24, 2.45) is 5.92 Å². The lowest BCUT2D eigenvalue weighted by molar-refractivity contribution is -0.133. The monoisotopic (exact) mass is 300 g/mol. The van der Waals surface area contributed by atoms with Gasteiger partial charge >= 0.3 is 0 Å². The van der Waals surface area contributed by atoms with Crippen LogP contribution in [0, 0.1) is 5.92 Å². The SMILES string of the molecule is O=C(Cn1nnc2ccccc21)N(CC1CCOC1)C1CC1. The largest absolute Gasteiger partial charge is 0.381 e. The van der Waals surface area contributed by atoms with Gasteiger partial charge in [-0.1, -0.05) is 17.3 Å². The normalized spacial score (nSPS) is 21.4. The minimum Gasteiger partial charge on any atom is -0.381 e. The molecule has 1 aromatic heterocycles. The highest BCUT2D eigenvalue weighted by atomic mass is 16.5. The first-order valence-corrected chi connectivity index (χ1v) is 7.97. The third-order valence-corrected chi connectivity index (χ3v) is 4.49. The number of rotatable bonds is 5. The minimum absolute atomic E-state index is 0.144. The molecule has 6 heteroatoms. The number of carbonyl (C=O) groups excluding carboxylic acids is 1. The van der Waals surface area contributed by atoms with E-state index in [9.17, 15) is 4.79 Å². The quantitative estimate of drug-likeness (QED) is 0.839. The first kappa shape index (κ1) is 13.7. The van der Waals surface area contributed by atoms with Crippen LogP contribution in [0.2, 0.25) is 0 Å². The van der Waals surface area contributed by atoms with Crippen LogP contribution in [0.4, 0.5) is 0 Å². The highest BCUT2D eigenvalue weighted by Crippen LogP contribution is 2.29. The Bertz CT molecular complexity index is 674. The van der Waals surface area contributed by atoms with Gasteiger partial charge < -0.3 is 9.64 Å². The van der Waals surface area contributed by atoms with E-state index in [0.717, 1.165) is 50.1 Å². The van der Waals surface area contributed by atoms with Crippen molar-refractivity contribution < 1.29 is 9.53 Å². The van der Waals surface area contributed by atoms with E-state index in [2.05, 4.69) is 10.3 Å². The van der Waals surface area contributed by atoms with E-state index in [1.165, 1.54) is 0 Å². The van der Waals surface area contributed by atoms with E-state index in [4.69, 9.17) is 4.74 Å². The standard InChI is InChI=1S/C16H20N4O2/c21-16(10-20-15-4-2-1-3-14(15)17-18-20)19(13-5-6-13)9-12-7-8-22-11-12/h1-4,12-13H,5-11H2. The maximum Gasteiger partial charge on any atom is 0.244 e. The van der Waals surface area contributed by atoms with E-state index < -0.39 is 0 Å². The van der Waals surface area contributed by atoms with Gasteiger partial charge in [-0.2, -0.15) is 0 Å². The smallest absolute Gasteiger partial charge is 0.244 e. The number of ether oxygens (including phenoxy) is 1. The van der Waals surface area contributed by atoms with Crippen LogP contribution < -0.4 is 0 Å². The molecule has 0 spiro atoms. The van der Waals surface area contributed by atoms with Gasteiger partial charge in [0.15, 0.2) is 0 Å². The Morgan fingerprint density at radius 2 is 2.18 bits per heavy atom. The zero-order chi connectivity index (χ0) is 14.9. The van der Waals surface area contributed by atoms with Crippen molar-refractivity contribution in [3.05, 3.63) is 24.3 Å². The van der Waals surface area contributed by atoms with Gasteiger partial charge in [-0.05, 0) is 31.4 Å². The topological polar surface area (TPSA) is 60.2 Å². The average Bonchev–Trinajstić information content (AvgIpc) is 3.09.